The number of rotatable bonds is 12. The minimum atomic E-state index is -0.230. The minimum absolute atomic E-state index is 0.00748. The van der Waals surface area contributed by atoms with Gasteiger partial charge in [-0.3, -0.25) is 14.4 Å². The molecule has 0 radical (unpaired) electrons. The molecule has 2 rings (SSSR count). The highest BCUT2D eigenvalue weighted by atomic mass is 16.2. The number of nitrogens with zero attached hydrogens (tertiary/aromatic N) is 5. The Bertz CT molecular complexity index is 752. The first-order chi connectivity index (χ1) is 15.8. The zero-order valence-electron chi connectivity index (χ0n) is 20.8. The molecule has 0 spiro atoms. The Labute approximate surface area is 199 Å². The fraction of sp³-hybridized carbons (Fsp3) is 0.640. The molecule has 3 amide bonds. The third kappa shape index (κ3) is 9.92. The summed E-state index contributed by atoms with van der Waals surface area (Å²) in [5, 5.41) is 0. The summed E-state index contributed by atoms with van der Waals surface area (Å²) in [6, 6.07) is 10.2. The van der Waals surface area contributed by atoms with E-state index in [0.717, 1.165) is 32.7 Å². The van der Waals surface area contributed by atoms with Gasteiger partial charge in [-0.05, 0) is 38.5 Å². The van der Waals surface area contributed by atoms with Gasteiger partial charge in [-0.2, -0.15) is 0 Å². The first-order valence-electron chi connectivity index (χ1n) is 11.9. The maximum absolute atomic E-state index is 12.6. The van der Waals surface area contributed by atoms with Gasteiger partial charge in [0.1, 0.15) is 0 Å². The number of carbonyl (C=O) groups is 3. The predicted octanol–water partition coefficient (Wildman–Crippen LogP) is 1.37. The van der Waals surface area contributed by atoms with Gasteiger partial charge in [0.05, 0.1) is 13.1 Å². The number of benzene rings is 1. The van der Waals surface area contributed by atoms with Crippen molar-refractivity contribution in [2.45, 2.75) is 32.2 Å². The predicted molar refractivity (Wildman–Crippen MR) is 131 cm³/mol. The van der Waals surface area contributed by atoms with Crippen molar-refractivity contribution in [1.82, 2.24) is 24.5 Å². The molecule has 1 aliphatic rings. The second kappa shape index (κ2) is 14.0. The summed E-state index contributed by atoms with van der Waals surface area (Å²) in [6.45, 7) is 4.99. The van der Waals surface area contributed by atoms with E-state index >= 15 is 0 Å². The summed E-state index contributed by atoms with van der Waals surface area (Å²) in [4.78, 5) is 46.5. The van der Waals surface area contributed by atoms with Crippen LogP contribution in [0.5, 0.6) is 0 Å². The van der Waals surface area contributed by atoms with Crippen LogP contribution in [-0.2, 0) is 20.9 Å². The van der Waals surface area contributed by atoms with Crippen LogP contribution in [0.3, 0.4) is 0 Å². The van der Waals surface area contributed by atoms with Crippen LogP contribution < -0.4 is 0 Å². The molecule has 33 heavy (non-hydrogen) atoms. The molecule has 0 bridgehead atoms. The fourth-order valence-electron chi connectivity index (χ4n) is 3.87. The van der Waals surface area contributed by atoms with Crippen molar-refractivity contribution in [1.29, 1.82) is 0 Å². The van der Waals surface area contributed by atoms with Crippen molar-refractivity contribution in [3.05, 3.63) is 35.9 Å². The number of likely N-dealkylation sites (tertiary alicyclic amines) is 1. The summed E-state index contributed by atoms with van der Waals surface area (Å²) < 4.78 is 0. The molecule has 184 valence electrons. The lowest BCUT2D eigenvalue weighted by atomic mass is 10.1. The fourth-order valence-corrected chi connectivity index (χ4v) is 3.87. The molecule has 0 aromatic heterocycles. The van der Waals surface area contributed by atoms with Gasteiger partial charge < -0.3 is 24.5 Å². The lowest BCUT2D eigenvalue weighted by molar-refractivity contribution is -0.142. The Morgan fingerprint density at radius 3 is 1.97 bits per heavy atom. The molecular weight excluding hydrogens is 418 g/mol. The van der Waals surface area contributed by atoms with Gasteiger partial charge in [-0.25, -0.2) is 0 Å². The molecule has 1 fully saturated rings. The monoisotopic (exact) mass is 459 g/mol. The van der Waals surface area contributed by atoms with Crippen molar-refractivity contribution in [2.24, 2.45) is 0 Å². The molecule has 0 aliphatic carbocycles. The van der Waals surface area contributed by atoms with Crippen LogP contribution in [0.4, 0.5) is 0 Å². The number of hydrogen-bond acceptors (Lipinski definition) is 5. The Balaban J connectivity index is 1.66. The average molecular weight is 460 g/mol. The summed E-state index contributed by atoms with van der Waals surface area (Å²) in [5.74, 6) is -0.378. The minimum Gasteiger partial charge on any atom is -0.343 e. The van der Waals surface area contributed by atoms with Gasteiger partial charge in [-0.1, -0.05) is 36.8 Å². The molecular formula is C25H41N5O3. The lowest BCUT2D eigenvalue weighted by Crippen LogP contribution is -2.45. The van der Waals surface area contributed by atoms with E-state index in [1.165, 1.54) is 34.6 Å². The van der Waals surface area contributed by atoms with Crippen LogP contribution in [-0.4, -0.2) is 116 Å². The molecule has 1 aromatic rings. The molecule has 0 unspecified atom stereocenters. The molecule has 1 heterocycles. The first kappa shape index (κ1) is 26.8. The Kier molecular flexibility index (Phi) is 11.3. The smallest absolute Gasteiger partial charge is 0.242 e. The standard InChI is InChI=1S/C25H41N5O3/c1-26(19-22-11-7-5-8-12-22)17-18-27(2)24(32)20-29(4)25(33)21-28(3)23(31)13-16-30-14-9-6-10-15-30/h5,7-8,11-12H,6,9-10,13-21H2,1-4H3. The lowest BCUT2D eigenvalue weighted by Gasteiger charge is -2.27. The van der Waals surface area contributed by atoms with Crippen LogP contribution in [0.1, 0.15) is 31.2 Å². The molecule has 8 nitrogen and oxygen atoms in total. The molecule has 0 saturated carbocycles. The van der Waals surface area contributed by atoms with Gasteiger partial charge in [0.15, 0.2) is 0 Å². The van der Waals surface area contributed by atoms with E-state index in [-0.39, 0.29) is 30.8 Å². The van der Waals surface area contributed by atoms with Crippen molar-refractivity contribution in [3.63, 3.8) is 0 Å². The second-order valence-electron chi connectivity index (χ2n) is 9.19. The molecule has 0 N–H and O–H groups in total. The molecule has 8 heteroatoms. The van der Waals surface area contributed by atoms with Gasteiger partial charge in [-0.15, -0.1) is 0 Å². The number of carbonyl (C=O) groups excluding carboxylic acids is 3. The van der Waals surface area contributed by atoms with E-state index in [4.69, 9.17) is 0 Å². The summed E-state index contributed by atoms with van der Waals surface area (Å²) in [7, 11) is 7.05. The van der Waals surface area contributed by atoms with Gasteiger partial charge in [0.2, 0.25) is 17.7 Å². The van der Waals surface area contributed by atoms with Crippen molar-refractivity contribution >= 4 is 17.7 Å². The zero-order chi connectivity index (χ0) is 24.2. The van der Waals surface area contributed by atoms with E-state index < -0.39 is 0 Å². The SMILES string of the molecule is CN(CCN(C)C(=O)CN(C)C(=O)CN(C)C(=O)CCN1CCCCC1)Cc1ccccc1. The average Bonchev–Trinajstić information content (AvgIpc) is 2.82. The van der Waals surface area contributed by atoms with Crippen molar-refractivity contribution in [3.8, 4) is 0 Å². The molecule has 1 aliphatic heterocycles. The van der Waals surface area contributed by atoms with Crippen LogP contribution in [0, 0.1) is 0 Å². The second-order valence-corrected chi connectivity index (χ2v) is 9.19. The number of hydrogen-bond donors (Lipinski definition) is 0. The van der Waals surface area contributed by atoms with E-state index in [2.05, 4.69) is 21.9 Å². The van der Waals surface area contributed by atoms with Crippen molar-refractivity contribution in [2.75, 3.05) is 74.0 Å². The first-order valence-corrected chi connectivity index (χ1v) is 11.9. The quantitative estimate of drug-likeness (QED) is 0.472. The maximum Gasteiger partial charge on any atom is 0.242 e. The third-order valence-electron chi connectivity index (χ3n) is 6.23. The highest BCUT2D eigenvalue weighted by molar-refractivity contribution is 5.88. The van der Waals surface area contributed by atoms with E-state index in [9.17, 15) is 14.4 Å². The molecule has 1 aromatic carbocycles. The van der Waals surface area contributed by atoms with Crippen molar-refractivity contribution < 1.29 is 14.4 Å². The zero-order valence-corrected chi connectivity index (χ0v) is 20.8. The van der Waals surface area contributed by atoms with Crippen LogP contribution in [0.2, 0.25) is 0 Å². The normalized spacial score (nSPS) is 14.2. The summed E-state index contributed by atoms with van der Waals surface area (Å²) in [5.41, 5.74) is 1.23. The van der Waals surface area contributed by atoms with Gasteiger partial charge in [0, 0.05) is 53.7 Å². The maximum atomic E-state index is 12.6. The number of amides is 3. The number of piperidine rings is 1. The van der Waals surface area contributed by atoms with Gasteiger partial charge >= 0.3 is 0 Å². The van der Waals surface area contributed by atoms with E-state index in [1.54, 1.807) is 26.0 Å². The van der Waals surface area contributed by atoms with Crippen LogP contribution >= 0.6 is 0 Å². The van der Waals surface area contributed by atoms with E-state index in [0.29, 0.717) is 13.0 Å². The Morgan fingerprint density at radius 2 is 1.33 bits per heavy atom. The Hall–Kier alpha value is -2.45. The summed E-state index contributed by atoms with van der Waals surface area (Å²) in [6.07, 6.45) is 4.08. The highest BCUT2D eigenvalue weighted by Crippen LogP contribution is 2.09. The molecule has 0 atom stereocenters. The topological polar surface area (TPSA) is 67.4 Å². The summed E-state index contributed by atoms with van der Waals surface area (Å²) >= 11 is 0. The largest absolute Gasteiger partial charge is 0.343 e. The number of likely N-dealkylation sites (N-methyl/N-ethyl adjacent to an activating group) is 4. The van der Waals surface area contributed by atoms with Crippen LogP contribution in [0.25, 0.3) is 0 Å². The third-order valence-corrected chi connectivity index (χ3v) is 6.23. The highest BCUT2D eigenvalue weighted by Gasteiger charge is 2.20. The molecule has 1 saturated heterocycles. The Morgan fingerprint density at radius 1 is 0.758 bits per heavy atom. The van der Waals surface area contributed by atoms with Crippen LogP contribution in [0.15, 0.2) is 30.3 Å². The van der Waals surface area contributed by atoms with Gasteiger partial charge in [0.25, 0.3) is 0 Å². The van der Waals surface area contributed by atoms with E-state index in [1.807, 2.05) is 25.2 Å².